The lowest BCUT2D eigenvalue weighted by atomic mass is 10.2. The highest BCUT2D eigenvalue weighted by molar-refractivity contribution is 7.99. The highest BCUT2D eigenvalue weighted by atomic mass is 32.2. The quantitative estimate of drug-likeness (QED) is 0.532. The Hall–Kier alpha value is -2.09. The van der Waals surface area contributed by atoms with Gasteiger partial charge in [0.2, 0.25) is 5.91 Å². The van der Waals surface area contributed by atoms with Crippen LogP contribution in [0.25, 0.3) is 0 Å². The average Bonchev–Trinajstić information content (AvgIpc) is 3.25. The van der Waals surface area contributed by atoms with E-state index in [4.69, 9.17) is 9.47 Å². The van der Waals surface area contributed by atoms with Gasteiger partial charge in [-0.1, -0.05) is 24.3 Å². The lowest BCUT2D eigenvalue weighted by Crippen LogP contribution is -2.40. The van der Waals surface area contributed by atoms with Crippen LogP contribution in [0.3, 0.4) is 0 Å². The third-order valence-corrected chi connectivity index (χ3v) is 6.37. The molecule has 1 atom stereocenters. The first-order chi connectivity index (χ1) is 14.6. The summed E-state index contributed by atoms with van der Waals surface area (Å²) in [5, 5.41) is 0.0232. The van der Waals surface area contributed by atoms with Gasteiger partial charge in [0.15, 0.2) is 0 Å². The van der Waals surface area contributed by atoms with Crippen molar-refractivity contribution in [2.45, 2.75) is 18.3 Å². The molecule has 0 spiro atoms. The molecule has 0 aliphatic carbocycles. The number of nitrogens with zero attached hydrogens (tertiary/aromatic N) is 2. The van der Waals surface area contributed by atoms with Crippen LogP contribution in [-0.2, 0) is 16.1 Å². The van der Waals surface area contributed by atoms with E-state index in [-0.39, 0.29) is 17.1 Å². The minimum Gasteiger partial charge on any atom is -0.497 e. The van der Waals surface area contributed by atoms with Crippen LogP contribution in [0.2, 0.25) is 0 Å². The first kappa shape index (κ1) is 22.6. The van der Waals surface area contributed by atoms with E-state index in [0.717, 1.165) is 42.1 Å². The molecule has 1 amide bonds. The molecule has 1 heterocycles. The monoisotopic (exact) mass is 432 g/mol. The van der Waals surface area contributed by atoms with E-state index in [9.17, 15) is 9.18 Å². The molecule has 0 unspecified atom stereocenters. The number of thioether (sulfide) groups is 1. The molecule has 3 rings (SSSR count). The number of methoxy groups -OCH3 is 2. The number of halogens is 1. The van der Waals surface area contributed by atoms with Gasteiger partial charge in [0.05, 0.1) is 13.7 Å². The Kier molecular flexibility index (Phi) is 8.54. The summed E-state index contributed by atoms with van der Waals surface area (Å²) in [5.41, 5.74) is 2.10. The SMILES string of the molecule is COCCCN(CC(=O)N1CCS[C@H]1c1ccc(OC)cc1)Cc1ccc(F)cc1. The average molecular weight is 433 g/mol. The van der Waals surface area contributed by atoms with Gasteiger partial charge >= 0.3 is 0 Å². The Morgan fingerprint density at radius 3 is 2.57 bits per heavy atom. The standard InChI is InChI=1S/C23H29FN2O3S/c1-28-14-3-12-25(16-18-4-8-20(24)9-5-18)17-22(27)26-13-15-30-23(26)19-6-10-21(29-2)11-7-19/h4-11,23H,3,12-17H2,1-2H3/t23-/m0/s1. The van der Waals surface area contributed by atoms with E-state index in [0.29, 0.717) is 19.7 Å². The summed E-state index contributed by atoms with van der Waals surface area (Å²) in [4.78, 5) is 17.3. The molecule has 1 aliphatic heterocycles. The minimum atomic E-state index is -0.253. The molecule has 30 heavy (non-hydrogen) atoms. The third-order valence-electron chi connectivity index (χ3n) is 5.11. The molecule has 2 aromatic rings. The predicted octanol–water partition coefficient (Wildman–Crippen LogP) is 3.95. The molecule has 162 valence electrons. The van der Waals surface area contributed by atoms with Gasteiger partial charge in [-0.2, -0.15) is 0 Å². The number of carbonyl (C=O) groups excluding carboxylic acids is 1. The van der Waals surface area contributed by atoms with Crippen LogP contribution in [0.15, 0.2) is 48.5 Å². The molecular weight excluding hydrogens is 403 g/mol. The molecule has 1 saturated heterocycles. The van der Waals surface area contributed by atoms with Crippen LogP contribution < -0.4 is 4.74 Å². The molecule has 0 radical (unpaired) electrons. The van der Waals surface area contributed by atoms with Crippen LogP contribution in [0.5, 0.6) is 5.75 Å². The summed E-state index contributed by atoms with van der Waals surface area (Å²) in [7, 11) is 3.32. The number of amides is 1. The van der Waals surface area contributed by atoms with Crippen molar-refractivity contribution < 1.29 is 18.7 Å². The summed E-state index contributed by atoms with van der Waals surface area (Å²) < 4.78 is 23.7. The summed E-state index contributed by atoms with van der Waals surface area (Å²) in [6.07, 6.45) is 0.835. The number of benzene rings is 2. The highest BCUT2D eigenvalue weighted by Gasteiger charge is 2.31. The Morgan fingerprint density at radius 2 is 1.90 bits per heavy atom. The molecule has 2 aromatic carbocycles. The fourth-order valence-corrected chi connectivity index (χ4v) is 4.82. The van der Waals surface area contributed by atoms with Crippen LogP contribution >= 0.6 is 11.8 Å². The first-order valence-electron chi connectivity index (χ1n) is 10.1. The first-order valence-corrected chi connectivity index (χ1v) is 11.2. The summed E-state index contributed by atoms with van der Waals surface area (Å²) in [5.74, 6) is 1.59. The predicted molar refractivity (Wildman–Crippen MR) is 118 cm³/mol. The van der Waals surface area contributed by atoms with E-state index in [2.05, 4.69) is 4.90 Å². The van der Waals surface area contributed by atoms with Crippen molar-refractivity contribution >= 4 is 17.7 Å². The van der Waals surface area contributed by atoms with E-state index in [1.807, 2.05) is 29.2 Å². The van der Waals surface area contributed by atoms with Gasteiger partial charge in [0, 0.05) is 39.1 Å². The Morgan fingerprint density at radius 1 is 1.17 bits per heavy atom. The van der Waals surface area contributed by atoms with Gasteiger partial charge in [-0.3, -0.25) is 9.69 Å². The van der Waals surface area contributed by atoms with Crippen molar-refractivity contribution in [3.8, 4) is 5.75 Å². The van der Waals surface area contributed by atoms with Gasteiger partial charge < -0.3 is 14.4 Å². The zero-order valence-corrected chi connectivity index (χ0v) is 18.4. The van der Waals surface area contributed by atoms with Gasteiger partial charge in [0.25, 0.3) is 0 Å². The normalized spacial score (nSPS) is 16.3. The van der Waals surface area contributed by atoms with Crippen molar-refractivity contribution in [2.75, 3.05) is 46.2 Å². The molecular formula is C23H29FN2O3S. The number of hydrogen-bond donors (Lipinski definition) is 0. The second-order valence-corrected chi connectivity index (χ2v) is 8.46. The lowest BCUT2D eigenvalue weighted by molar-refractivity contribution is -0.132. The van der Waals surface area contributed by atoms with Gasteiger partial charge in [-0.05, 0) is 41.8 Å². The summed E-state index contributed by atoms with van der Waals surface area (Å²) in [6, 6.07) is 14.4. The summed E-state index contributed by atoms with van der Waals surface area (Å²) in [6.45, 7) is 3.05. The van der Waals surface area contributed by atoms with Crippen molar-refractivity contribution in [1.29, 1.82) is 0 Å². The van der Waals surface area contributed by atoms with E-state index < -0.39 is 0 Å². The minimum absolute atomic E-state index is 0.0232. The molecule has 1 aliphatic rings. The molecule has 0 bridgehead atoms. The fraction of sp³-hybridized carbons (Fsp3) is 0.435. The van der Waals surface area contributed by atoms with Crippen LogP contribution in [0.1, 0.15) is 22.9 Å². The van der Waals surface area contributed by atoms with Crippen molar-refractivity contribution in [3.63, 3.8) is 0 Å². The topological polar surface area (TPSA) is 42.0 Å². The Balaban J connectivity index is 1.66. The Labute approximate surface area is 182 Å². The second kappa shape index (κ2) is 11.3. The number of ether oxygens (including phenoxy) is 2. The smallest absolute Gasteiger partial charge is 0.237 e. The molecule has 7 heteroatoms. The molecule has 0 N–H and O–H groups in total. The maximum absolute atomic E-state index is 13.2. The van der Waals surface area contributed by atoms with Crippen LogP contribution in [-0.4, -0.2) is 61.9 Å². The summed E-state index contributed by atoms with van der Waals surface area (Å²) >= 11 is 1.78. The largest absolute Gasteiger partial charge is 0.497 e. The van der Waals surface area contributed by atoms with E-state index in [1.165, 1.54) is 12.1 Å². The van der Waals surface area contributed by atoms with Crippen LogP contribution in [0, 0.1) is 5.82 Å². The lowest BCUT2D eigenvalue weighted by Gasteiger charge is -2.28. The maximum atomic E-state index is 13.2. The number of hydrogen-bond acceptors (Lipinski definition) is 5. The van der Waals surface area contributed by atoms with Crippen molar-refractivity contribution in [2.24, 2.45) is 0 Å². The third kappa shape index (κ3) is 6.20. The zero-order valence-electron chi connectivity index (χ0n) is 17.6. The van der Waals surface area contributed by atoms with E-state index in [1.54, 1.807) is 38.1 Å². The van der Waals surface area contributed by atoms with Crippen molar-refractivity contribution in [3.05, 3.63) is 65.5 Å². The number of rotatable bonds is 10. The Bertz CT molecular complexity index is 801. The van der Waals surface area contributed by atoms with E-state index >= 15 is 0 Å². The fourth-order valence-electron chi connectivity index (χ4n) is 3.55. The molecule has 0 aromatic heterocycles. The van der Waals surface area contributed by atoms with Gasteiger partial charge in [0.1, 0.15) is 16.9 Å². The maximum Gasteiger partial charge on any atom is 0.237 e. The molecule has 0 saturated carbocycles. The van der Waals surface area contributed by atoms with Gasteiger partial charge in [-0.25, -0.2) is 4.39 Å². The number of carbonyl (C=O) groups is 1. The molecule has 5 nitrogen and oxygen atoms in total. The zero-order chi connectivity index (χ0) is 21.3. The van der Waals surface area contributed by atoms with Gasteiger partial charge in [-0.15, -0.1) is 11.8 Å². The van der Waals surface area contributed by atoms with Crippen LogP contribution in [0.4, 0.5) is 4.39 Å². The highest BCUT2D eigenvalue weighted by Crippen LogP contribution is 2.38. The second-order valence-electron chi connectivity index (χ2n) is 7.27. The molecule has 1 fully saturated rings. The van der Waals surface area contributed by atoms with Crippen molar-refractivity contribution in [1.82, 2.24) is 9.80 Å².